The van der Waals surface area contributed by atoms with Gasteiger partial charge in [0, 0.05) is 12.0 Å². The Kier molecular flexibility index (Phi) is 5.96. The van der Waals surface area contributed by atoms with Crippen LogP contribution in [0.25, 0.3) is 11.1 Å². The van der Waals surface area contributed by atoms with Crippen LogP contribution in [0.5, 0.6) is 5.75 Å². The van der Waals surface area contributed by atoms with Gasteiger partial charge in [-0.05, 0) is 29.7 Å². The van der Waals surface area contributed by atoms with E-state index in [1.165, 1.54) is 0 Å². The number of carbonyl (C=O) groups excluding carboxylic acids is 1. The highest BCUT2D eigenvalue weighted by Crippen LogP contribution is 2.23. The highest BCUT2D eigenvalue weighted by Gasteiger charge is 2.05. The SMILES string of the molecule is C=CCOc1ccc(-c2ccc(C(=O)CCCC)cc2)cc1. The molecule has 22 heavy (non-hydrogen) atoms. The molecule has 2 heteroatoms. The van der Waals surface area contributed by atoms with E-state index in [-0.39, 0.29) is 5.78 Å². The quantitative estimate of drug-likeness (QED) is 0.488. The van der Waals surface area contributed by atoms with E-state index in [4.69, 9.17) is 4.74 Å². The zero-order valence-electron chi connectivity index (χ0n) is 13.0. The van der Waals surface area contributed by atoms with E-state index in [2.05, 4.69) is 13.5 Å². The molecule has 0 N–H and O–H groups in total. The van der Waals surface area contributed by atoms with E-state index < -0.39 is 0 Å². The molecule has 0 saturated carbocycles. The van der Waals surface area contributed by atoms with Gasteiger partial charge in [-0.25, -0.2) is 0 Å². The van der Waals surface area contributed by atoms with Gasteiger partial charge in [0.1, 0.15) is 12.4 Å². The van der Waals surface area contributed by atoms with E-state index in [1.54, 1.807) is 6.08 Å². The largest absolute Gasteiger partial charge is 0.490 e. The van der Waals surface area contributed by atoms with E-state index in [9.17, 15) is 4.79 Å². The van der Waals surface area contributed by atoms with Crippen molar-refractivity contribution in [3.05, 3.63) is 66.7 Å². The molecule has 0 bridgehead atoms. The normalized spacial score (nSPS) is 10.2. The first-order valence-corrected chi connectivity index (χ1v) is 7.72. The lowest BCUT2D eigenvalue weighted by Crippen LogP contribution is -1.98. The van der Waals surface area contributed by atoms with E-state index in [0.717, 1.165) is 35.3 Å². The molecule has 0 aliphatic heterocycles. The molecule has 0 radical (unpaired) electrons. The number of ketones is 1. The first-order chi connectivity index (χ1) is 10.7. The Balaban J connectivity index is 2.06. The Bertz CT molecular complexity index is 609. The van der Waals surface area contributed by atoms with Crippen LogP contribution in [0.2, 0.25) is 0 Å². The summed E-state index contributed by atoms with van der Waals surface area (Å²) in [5.74, 6) is 1.05. The van der Waals surface area contributed by atoms with Crippen molar-refractivity contribution in [3.63, 3.8) is 0 Å². The molecular weight excluding hydrogens is 272 g/mol. The third-order valence-electron chi connectivity index (χ3n) is 3.52. The number of carbonyl (C=O) groups is 1. The van der Waals surface area contributed by atoms with Crippen LogP contribution in [0.1, 0.15) is 36.5 Å². The first-order valence-electron chi connectivity index (χ1n) is 7.72. The molecule has 0 unspecified atom stereocenters. The van der Waals surface area contributed by atoms with Crippen molar-refractivity contribution in [1.29, 1.82) is 0 Å². The second-order valence-electron chi connectivity index (χ2n) is 5.23. The van der Waals surface area contributed by atoms with Gasteiger partial charge in [-0.15, -0.1) is 0 Å². The Morgan fingerprint density at radius 3 is 2.18 bits per heavy atom. The molecule has 0 heterocycles. The van der Waals surface area contributed by atoms with Gasteiger partial charge in [0.05, 0.1) is 0 Å². The molecule has 114 valence electrons. The molecule has 2 nitrogen and oxygen atoms in total. The van der Waals surface area contributed by atoms with Crippen LogP contribution in [-0.2, 0) is 0 Å². The zero-order chi connectivity index (χ0) is 15.8. The molecule has 2 rings (SSSR count). The maximum atomic E-state index is 12.0. The summed E-state index contributed by atoms with van der Waals surface area (Å²) in [5.41, 5.74) is 3.00. The summed E-state index contributed by atoms with van der Waals surface area (Å²) in [5, 5.41) is 0. The van der Waals surface area contributed by atoms with Gasteiger partial charge in [-0.2, -0.15) is 0 Å². The fourth-order valence-electron chi connectivity index (χ4n) is 2.23. The lowest BCUT2D eigenvalue weighted by Gasteiger charge is -2.06. The summed E-state index contributed by atoms with van der Waals surface area (Å²) in [6, 6.07) is 15.7. The summed E-state index contributed by atoms with van der Waals surface area (Å²) in [4.78, 5) is 12.0. The standard InChI is InChI=1S/C20H22O2/c1-3-5-6-20(21)18-9-7-16(8-10-18)17-11-13-19(14-12-17)22-15-4-2/h4,7-14H,2-3,5-6,15H2,1H3. The summed E-state index contributed by atoms with van der Waals surface area (Å²) < 4.78 is 5.47. The smallest absolute Gasteiger partial charge is 0.162 e. The molecule has 0 aromatic heterocycles. The molecule has 0 aliphatic carbocycles. The molecule has 0 spiro atoms. The number of rotatable bonds is 8. The summed E-state index contributed by atoms with van der Waals surface area (Å²) >= 11 is 0. The van der Waals surface area contributed by atoms with Gasteiger partial charge < -0.3 is 4.74 Å². The average Bonchev–Trinajstić information content (AvgIpc) is 2.58. The lowest BCUT2D eigenvalue weighted by atomic mass is 10.0. The highest BCUT2D eigenvalue weighted by atomic mass is 16.5. The van der Waals surface area contributed by atoms with Gasteiger partial charge in [0.2, 0.25) is 0 Å². The van der Waals surface area contributed by atoms with Gasteiger partial charge in [0.25, 0.3) is 0 Å². The van der Waals surface area contributed by atoms with Crippen molar-refractivity contribution in [2.75, 3.05) is 6.61 Å². The molecule has 0 amide bonds. The second-order valence-corrected chi connectivity index (χ2v) is 5.23. The van der Waals surface area contributed by atoms with Crippen LogP contribution in [0.3, 0.4) is 0 Å². The summed E-state index contributed by atoms with van der Waals surface area (Å²) in [6.45, 7) is 6.23. The minimum absolute atomic E-state index is 0.224. The predicted octanol–water partition coefficient (Wildman–Crippen LogP) is 5.29. The molecule has 0 aliphatic rings. The van der Waals surface area contributed by atoms with E-state index >= 15 is 0 Å². The Hall–Kier alpha value is -2.35. The zero-order valence-corrected chi connectivity index (χ0v) is 13.0. The molecular formula is C20H22O2. The van der Waals surface area contributed by atoms with Crippen molar-refractivity contribution in [1.82, 2.24) is 0 Å². The molecule has 2 aromatic rings. The lowest BCUT2D eigenvalue weighted by molar-refractivity contribution is 0.0980. The van der Waals surface area contributed by atoms with E-state index in [0.29, 0.717) is 13.0 Å². The minimum atomic E-state index is 0.224. The number of Topliss-reactive ketones (excluding diaryl/α,β-unsaturated/α-hetero) is 1. The van der Waals surface area contributed by atoms with Gasteiger partial charge in [-0.1, -0.05) is 62.4 Å². The maximum absolute atomic E-state index is 12.0. The number of benzene rings is 2. The number of hydrogen-bond acceptors (Lipinski definition) is 2. The third-order valence-corrected chi connectivity index (χ3v) is 3.52. The second kappa shape index (κ2) is 8.18. The van der Waals surface area contributed by atoms with Crippen molar-refractivity contribution < 1.29 is 9.53 Å². The Labute approximate surface area is 132 Å². The van der Waals surface area contributed by atoms with Crippen LogP contribution in [-0.4, -0.2) is 12.4 Å². The Morgan fingerprint density at radius 2 is 1.64 bits per heavy atom. The number of hydrogen-bond donors (Lipinski definition) is 0. The van der Waals surface area contributed by atoms with Crippen molar-refractivity contribution >= 4 is 5.78 Å². The fourth-order valence-corrected chi connectivity index (χ4v) is 2.23. The average molecular weight is 294 g/mol. The van der Waals surface area contributed by atoms with Crippen LogP contribution >= 0.6 is 0 Å². The van der Waals surface area contributed by atoms with Crippen LogP contribution in [0, 0.1) is 0 Å². The van der Waals surface area contributed by atoms with Crippen LogP contribution in [0.4, 0.5) is 0 Å². The van der Waals surface area contributed by atoms with Gasteiger partial charge >= 0.3 is 0 Å². The minimum Gasteiger partial charge on any atom is -0.490 e. The summed E-state index contributed by atoms with van der Waals surface area (Å²) in [6.07, 6.45) is 4.35. The molecule has 0 saturated heterocycles. The fraction of sp³-hybridized carbons (Fsp3) is 0.250. The third kappa shape index (κ3) is 4.32. The highest BCUT2D eigenvalue weighted by molar-refractivity contribution is 5.96. The van der Waals surface area contributed by atoms with Crippen LogP contribution < -0.4 is 4.74 Å². The molecule has 0 fully saturated rings. The predicted molar refractivity (Wildman–Crippen MR) is 91.4 cm³/mol. The van der Waals surface area contributed by atoms with Gasteiger partial charge in [0.15, 0.2) is 5.78 Å². The first kappa shape index (κ1) is 16.0. The van der Waals surface area contributed by atoms with Crippen molar-refractivity contribution in [3.8, 4) is 16.9 Å². The van der Waals surface area contributed by atoms with Crippen molar-refractivity contribution in [2.45, 2.75) is 26.2 Å². The Morgan fingerprint density at radius 1 is 1.05 bits per heavy atom. The topological polar surface area (TPSA) is 26.3 Å². The van der Waals surface area contributed by atoms with E-state index in [1.807, 2.05) is 48.5 Å². The maximum Gasteiger partial charge on any atom is 0.162 e. The number of ether oxygens (including phenoxy) is 1. The number of unbranched alkanes of at least 4 members (excludes halogenated alkanes) is 1. The van der Waals surface area contributed by atoms with Crippen molar-refractivity contribution in [2.24, 2.45) is 0 Å². The summed E-state index contributed by atoms with van der Waals surface area (Å²) in [7, 11) is 0. The monoisotopic (exact) mass is 294 g/mol. The molecule has 2 aromatic carbocycles. The molecule has 0 atom stereocenters. The van der Waals surface area contributed by atoms with Gasteiger partial charge in [-0.3, -0.25) is 4.79 Å². The van der Waals surface area contributed by atoms with Crippen LogP contribution in [0.15, 0.2) is 61.2 Å².